The molecule has 1 amide bonds. The Hall–Kier alpha value is -3.67. The van der Waals surface area contributed by atoms with Crippen molar-refractivity contribution < 1.29 is 19.4 Å². The van der Waals surface area contributed by atoms with Crippen LogP contribution in [0.5, 0.6) is 0 Å². The smallest absolute Gasteiger partial charge is 0.328 e. The molecular formula is C29H26ClNO4. The Balaban J connectivity index is 1.52. The van der Waals surface area contributed by atoms with E-state index >= 15 is 0 Å². The van der Waals surface area contributed by atoms with Crippen LogP contribution >= 0.6 is 11.6 Å². The van der Waals surface area contributed by atoms with Crippen molar-refractivity contribution in [3.63, 3.8) is 0 Å². The summed E-state index contributed by atoms with van der Waals surface area (Å²) in [4.78, 5) is 25.7. The van der Waals surface area contributed by atoms with Crippen LogP contribution < -0.4 is 5.32 Å². The van der Waals surface area contributed by atoms with Crippen LogP contribution in [0.4, 0.5) is 0 Å². The summed E-state index contributed by atoms with van der Waals surface area (Å²) in [5.74, 6) is -2.25. The molecule has 35 heavy (non-hydrogen) atoms. The van der Waals surface area contributed by atoms with E-state index in [1.807, 2.05) is 84.9 Å². The normalized spacial score (nSPS) is 20.0. The minimum atomic E-state index is -1.92. The minimum Gasteiger partial charge on any atom is -0.467 e. The lowest BCUT2D eigenvalue weighted by atomic mass is 9.89. The van der Waals surface area contributed by atoms with Gasteiger partial charge in [-0.1, -0.05) is 109 Å². The van der Waals surface area contributed by atoms with Gasteiger partial charge in [0.05, 0.1) is 7.11 Å². The van der Waals surface area contributed by atoms with E-state index in [0.717, 1.165) is 27.8 Å². The van der Waals surface area contributed by atoms with E-state index in [4.69, 9.17) is 16.3 Å². The van der Waals surface area contributed by atoms with Crippen LogP contribution in [0.1, 0.15) is 11.1 Å². The number of nitrogens with one attached hydrogen (secondary N) is 1. The van der Waals surface area contributed by atoms with Gasteiger partial charge in [0, 0.05) is 6.42 Å². The maximum atomic E-state index is 13.2. The van der Waals surface area contributed by atoms with Crippen LogP contribution in [0, 0.1) is 5.92 Å². The Morgan fingerprint density at radius 1 is 0.943 bits per heavy atom. The van der Waals surface area contributed by atoms with E-state index in [9.17, 15) is 14.7 Å². The van der Waals surface area contributed by atoms with E-state index < -0.39 is 28.9 Å². The summed E-state index contributed by atoms with van der Waals surface area (Å²) in [6.07, 6.45) is 4.90. The topological polar surface area (TPSA) is 75.6 Å². The number of halogens is 1. The molecule has 2 unspecified atom stereocenters. The Morgan fingerprint density at radius 2 is 1.51 bits per heavy atom. The largest absolute Gasteiger partial charge is 0.467 e. The third-order valence-corrected chi connectivity index (χ3v) is 6.33. The number of alkyl halides is 1. The second-order valence-corrected chi connectivity index (χ2v) is 8.98. The molecule has 3 aromatic rings. The lowest BCUT2D eigenvalue weighted by Crippen LogP contribution is -2.49. The molecule has 1 aliphatic carbocycles. The van der Waals surface area contributed by atoms with Crippen molar-refractivity contribution in [3.05, 3.63) is 114 Å². The number of benzene rings is 3. The van der Waals surface area contributed by atoms with Crippen LogP contribution in [-0.4, -0.2) is 35.2 Å². The molecule has 0 radical (unpaired) electrons. The molecule has 6 heteroatoms. The standard InChI is InChI=1S/C29H26ClNO4/c1-35-28(33)26(18-20-12-14-23(15-13-20)21-8-4-2-5-9-21)31-27(32)25-19-24(16-17-29(25,30)34)22-10-6-3-7-11-22/h2-17,19,25-26,34H,18H2,1H3,(H,31,32)/t25?,26-,29?/m0/s1. The summed E-state index contributed by atoms with van der Waals surface area (Å²) in [6, 6.07) is 26.3. The van der Waals surface area contributed by atoms with Crippen molar-refractivity contribution in [1.29, 1.82) is 0 Å². The molecule has 1 aliphatic rings. The van der Waals surface area contributed by atoms with Gasteiger partial charge in [-0.2, -0.15) is 0 Å². The first kappa shape index (κ1) is 24.5. The number of amides is 1. The van der Waals surface area contributed by atoms with Gasteiger partial charge in [0.15, 0.2) is 5.06 Å². The summed E-state index contributed by atoms with van der Waals surface area (Å²) >= 11 is 6.27. The van der Waals surface area contributed by atoms with Gasteiger partial charge in [-0.15, -0.1) is 0 Å². The van der Waals surface area contributed by atoms with Crippen molar-refractivity contribution >= 4 is 29.1 Å². The molecule has 0 spiro atoms. The number of methoxy groups -OCH3 is 1. The summed E-state index contributed by atoms with van der Waals surface area (Å²) in [5.41, 5.74) is 4.63. The van der Waals surface area contributed by atoms with Gasteiger partial charge < -0.3 is 15.2 Å². The van der Waals surface area contributed by atoms with Gasteiger partial charge >= 0.3 is 5.97 Å². The molecule has 3 aromatic carbocycles. The predicted molar refractivity (Wildman–Crippen MR) is 137 cm³/mol. The molecule has 0 aromatic heterocycles. The summed E-state index contributed by atoms with van der Waals surface area (Å²) in [5, 5.41) is 11.5. The number of rotatable bonds is 7. The number of esters is 1. The van der Waals surface area contributed by atoms with Crippen LogP contribution in [0.25, 0.3) is 16.7 Å². The molecular weight excluding hydrogens is 462 g/mol. The van der Waals surface area contributed by atoms with Crippen molar-refractivity contribution in [1.82, 2.24) is 5.32 Å². The fourth-order valence-electron chi connectivity index (χ4n) is 4.04. The average Bonchev–Trinajstić information content (AvgIpc) is 2.89. The summed E-state index contributed by atoms with van der Waals surface area (Å²) in [7, 11) is 1.27. The molecule has 3 atom stereocenters. The zero-order chi connectivity index (χ0) is 24.8. The minimum absolute atomic E-state index is 0.228. The number of hydrogen-bond acceptors (Lipinski definition) is 4. The lowest BCUT2D eigenvalue weighted by Gasteiger charge is -2.30. The van der Waals surface area contributed by atoms with Crippen LogP contribution in [0.3, 0.4) is 0 Å². The third-order valence-electron chi connectivity index (χ3n) is 5.97. The molecule has 0 heterocycles. The first-order valence-corrected chi connectivity index (χ1v) is 11.7. The molecule has 0 saturated heterocycles. The van der Waals surface area contributed by atoms with Gasteiger partial charge in [0.25, 0.3) is 0 Å². The number of hydrogen-bond donors (Lipinski definition) is 2. The number of aliphatic hydroxyl groups is 1. The van der Waals surface area contributed by atoms with Gasteiger partial charge in [-0.25, -0.2) is 4.79 Å². The van der Waals surface area contributed by atoms with Gasteiger partial charge in [0.1, 0.15) is 12.0 Å². The van der Waals surface area contributed by atoms with Crippen molar-refractivity contribution in [2.45, 2.75) is 17.5 Å². The molecule has 2 N–H and O–H groups in total. The highest BCUT2D eigenvalue weighted by Crippen LogP contribution is 2.34. The lowest BCUT2D eigenvalue weighted by molar-refractivity contribution is -0.145. The Bertz CT molecular complexity index is 1230. The summed E-state index contributed by atoms with van der Waals surface area (Å²) in [6.45, 7) is 0. The highest BCUT2D eigenvalue weighted by molar-refractivity contribution is 6.26. The van der Waals surface area contributed by atoms with Gasteiger partial charge in [-0.05, 0) is 33.9 Å². The highest BCUT2D eigenvalue weighted by Gasteiger charge is 2.40. The monoisotopic (exact) mass is 487 g/mol. The van der Waals surface area contributed by atoms with Gasteiger partial charge in [0.2, 0.25) is 5.91 Å². The Morgan fingerprint density at radius 3 is 2.11 bits per heavy atom. The second-order valence-electron chi connectivity index (χ2n) is 8.38. The quantitative estimate of drug-likeness (QED) is 0.372. The van der Waals surface area contributed by atoms with Crippen molar-refractivity contribution in [2.24, 2.45) is 5.92 Å². The van der Waals surface area contributed by atoms with Crippen LogP contribution in [0.2, 0.25) is 0 Å². The fourth-order valence-corrected chi connectivity index (χ4v) is 4.27. The van der Waals surface area contributed by atoms with E-state index in [0.29, 0.717) is 0 Å². The number of carbonyl (C=O) groups is 2. The molecule has 0 aliphatic heterocycles. The summed E-state index contributed by atoms with van der Waals surface area (Å²) < 4.78 is 4.93. The maximum absolute atomic E-state index is 13.2. The highest BCUT2D eigenvalue weighted by atomic mass is 35.5. The average molecular weight is 488 g/mol. The predicted octanol–water partition coefficient (Wildman–Crippen LogP) is 4.75. The molecule has 4 rings (SSSR count). The van der Waals surface area contributed by atoms with Crippen molar-refractivity contribution in [3.8, 4) is 11.1 Å². The van der Waals surface area contributed by atoms with E-state index in [1.54, 1.807) is 12.2 Å². The van der Waals surface area contributed by atoms with Crippen LogP contribution in [0.15, 0.2) is 103 Å². The number of ether oxygens (including phenoxy) is 1. The van der Waals surface area contributed by atoms with Crippen LogP contribution in [-0.2, 0) is 20.7 Å². The van der Waals surface area contributed by atoms with E-state index in [1.165, 1.54) is 13.2 Å². The molecule has 5 nitrogen and oxygen atoms in total. The van der Waals surface area contributed by atoms with E-state index in [-0.39, 0.29) is 6.42 Å². The van der Waals surface area contributed by atoms with E-state index in [2.05, 4.69) is 5.32 Å². The Kier molecular flexibility index (Phi) is 7.49. The molecule has 0 saturated carbocycles. The fraction of sp³-hybridized carbons (Fsp3) is 0.172. The number of allylic oxidation sites excluding steroid dienone is 2. The molecule has 0 fully saturated rings. The zero-order valence-electron chi connectivity index (χ0n) is 19.2. The maximum Gasteiger partial charge on any atom is 0.328 e. The first-order valence-electron chi connectivity index (χ1n) is 11.3. The second kappa shape index (κ2) is 10.7. The molecule has 178 valence electrons. The van der Waals surface area contributed by atoms with Crippen molar-refractivity contribution in [2.75, 3.05) is 7.11 Å². The first-order chi connectivity index (χ1) is 16.9. The zero-order valence-corrected chi connectivity index (χ0v) is 20.0. The SMILES string of the molecule is COC(=O)[C@H](Cc1ccc(-c2ccccc2)cc1)NC(=O)C1C=C(c2ccccc2)C=CC1(O)Cl. The third kappa shape index (κ3) is 5.88. The Labute approximate surface area is 209 Å². The van der Waals surface area contributed by atoms with Gasteiger partial charge in [-0.3, -0.25) is 4.79 Å². The number of carbonyl (C=O) groups excluding carboxylic acids is 2. The molecule has 0 bridgehead atoms.